The quantitative estimate of drug-likeness (QED) is 0.605. The Morgan fingerprint density at radius 1 is 1.39 bits per heavy atom. The highest BCUT2D eigenvalue weighted by Gasteiger charge is 2.22. The number of rotatable bonds is 1. The Labute approximate surface area is 102 Å². The molecule has 0 spiro atoms. The molecular weight excluding hydrogens is 238 g/mol. The van der Waals surface area contributed by atoms with Crippen LogP contribution in [0.4, 0.5) is 0 Å². The second-order valence-corrected chi connectivity index (χ2v) is 4.02. The third kappa shape index (κ3) is 1.35. The van der Waals surface area contributed by atoms with Gasteiger partial charge in [0.15, 0.2) is 17.7 Å². The second-order valence-electron chi connectivity index (χ2n) is 4.02. The molecule has 0 amide bonds. The lowest BCUT2D eigenvalue weighted by molar-refractivity contribution is -0.577. The summed E-state index contributed by atoms with van der Waals surface area (Å²) in [5, 5.41) is 21.4. The molecule has 92 valence electrons. The third-order valence-electron chi connectivity index (χ3n) is 3.01. The summed E-state index contributed by atoms with van der Waals surface area (Å²) in [6.45, 7) is 1.77. The lowest BCUT2D eigenvalue weighted by Gasteiger charge is -2.08. The van der Waals surface area contributed by atoms with Gasteiger partial charge in [-0.2, -0.15) is 4.73 Å². The molecule has 1 aromatic carbocycles. The predicted octanol–water partition coefficient (Wildman–Crippen LogP) is 1.21. The maximum Gasteiger partial charge on any atom is 0.342 e. The lowest BCUT2D eigenvalue weighted by Crippen LogP contribution is -2.29. The molecule has 0 unspecified atom stereocenters. The summed E-state index contributed by atoms with van der Waals surface area (Å²) >= 11 is 0. The van der Waals surface area contributed by atoms with Crippen LogP contribution in [0, 0.1) is 12.1 Å². The smallest absolute Gasteiger partial charge is 0.342 e. The Bertz CT molecular complexity index is 680. The lowest BCUT2D eigenvalue weighted by atomic mass is 10.0. The number of aromatic carboxylic acids is 1. The number of fused-ring (bicyclic) bond motifs is 2. The number of aromatic nitrogens is 1. The number of hydrogen-bond donors (Lipinski definition) is 1. The largest absolute Gasteiger partial charge is 0.618 e. The number of carbonyl (C=O) groups is 1. The first-order valence-corrected chi connectivity index (χ1v) is 5.27. The minimum Gasteiger partial charge on any atom is -0.618 e. The molecule has 1 aliphatic heterocycles. The van der Waals surface area contributed by atoms with Gasteiger partial charge < -0.3 is 19.8 Å². The van der Waals surface area contributed by atoms with Crippen molar-refractivity contribution in [3.8, 4) is 11.5 Å². The monoisotopic (exact) mass is 247 g/mol. The van der Waals surface area contributed by atoms with Gasteiger partial charge in [-0.3, -0.25) is 0 Å². The molecule has 0 radical (unpaired) electrons. The molecule has 2 heterocycles. The van der Waals surface area contributed by atoms with Gasteiger partial charge in [-0.15, -0.1) is 0 Å². The molecule has 0 aliphatic carbocycles. The van der Waals surface area contributed by atoms with Crippen molar-refractivity contribution in [2.24, 2.45) is 0 Å². The minimum absolute atomic E-state index is 0.0173. The van der Waals surface area contributed by atoms with E-state index in [4.69, 9.17) is 14.6 Å². The first-order chi connectivity index (χ1) is 8.58. The fourth-order valence-corrected chi connectivity index (χ4v) is 2.06. The number of pyridine rings is 1. The normalized spacial score (nSPS) is 12.9. The van der Waals surface area contributed by atoms with Crippen LogP contribution in [0.3, 0.4) is 0 Å². The van der Waals surface area contributed by atoms with Crippen molar-refractivity contribution < 1.29 is 24.1 Å². The van der Waals surface area contributed by atoms with Gasteiger partial charge in [0.05, 0.1) is 11.5 Å². The molecule has 1 N–H and O–H groups in total. The van der Waals surface area contributed by atoms with Crippen LogP contribution in [0.2, 0.25) is 0 Å². The van der Waals surface area contributed by atoms with E-state index in [1.165, 1.54) is 0 Å². The van der Waals surface area contributed by atoms with Gasteiger partial charge in [-0.1, -0.05) is 0 Å². The van der Waals surface area contributed by atoms with Gasteiger partial charge in [-0.25, -0.2) is 4.79 Å². The van der Waals surface area contributed by atoms with E-state index in [9.17, 15) is 10.0 Å². The second kappa shape index (κ2) is 3.49. The van der Waals surface area contributed by atoms with E-state index in [0.29, 0.717) is 32.7 Å². The highest BCUT2D eigenvalue weighted by molar-refractivity contribution is 5.95. The van der Waals surface area contributed by atoms with Crippen molar-refractivity contribution in [1.29, 1.82) is 0 Å². The van der Waals surface area contributed by atoms with E-state index < -0.39 is 5.97 Å². The van der Waals surface area contributed by atoms with Crippen LogP contribution in [0.1, 0.15) is 15.9 Å². The fraction of sp³-hybridized carbons (Fsp3) is 0.167. The van der Waals surface area contributed by atoms with Gasteiger partial charge in [0.2, 0.25) is 12.3 Å². The first-order valence-electron chi connectivity index (χ1n) is 5.27. The van der Waals surface area contributed by atoms with Crippen LogP contribution in [-0.2, 0) is 0 Å². The van der Waals surface area contributed by atoms with Crippen LogP contribution < -0.4 is 14.2 Å². The molecule has 6 heteroatoms. The molecule has 3 rings (SSSR count). The van der Waals surface area contributed by atoms with Gasteiger partial charge >= 0.3 is 5.97 Å². The summed E-state index contributed by atoms with van der Waals surface area (Å²) in [5.41, 5.74) is 0.876. The van der Waals surface area contributed by atoms with E-state index in [0.717, 1.165) is 6.20 Å². The molecule has 1 aliphatic rings. The average molecular weight is 247 g/mol. The molecule has 0 saturated carbocycles. The molecule has 0 bridgehead atoms. The molecule has 2 aromatic rings. The highest BCUT2D eigenvalue weighted by Crippen LogP contribution is 2.36. The molecule has 0 fully saturated rings. The van der Waals surface area contributed by atoms with Crippen LogP contribution in [-0.4, -0.2) is 17.9 Å². The number of carboxylic acids is 1. The van der Waals surface area contributed by atoms with E-state index in [2.05, 4.69) is 0 Å². The molecule has 0 saturated heterocycles. The first kappa shape index (κ1) is 10.6. The summed E-state index contributed by atoms with van der Waals surface area (Å²) in [6, 6.07) is 3.19. The Balaban J connectivity index is 2.39. The van der Waals surface area contributed by atoms with Crippen molar-refractivity contribution in [2.75, 3.05) is 6.79 Å². The maximum absolute atomic E-state index is 11.8. The molecule has 1 aromatic heterocycles. The highest BCUT2D eigenvalue weighted by atomic mass is 16.7. The standard InChI is InChI=1S/C12H9NO5/c1-6-7-2-10-11(18-5-17-10)3-9(7)13(16)4-8(6)12(14)15/h2-4H,5H2,1H3,(H,14,15). The average Bonchev–Trinajstić information content (AvgIpc) is 2.78. The van der Waals surface area contributed by atoms with Crippen molar-refractivity contribution in [2.45, 2.75) is 6.92 Å². The Morgan fingerprint density at radius 2 is 2.06 bits per heavy atom. The zero-order chi connectivity index (χ0) is 12.9. The number of nitrogens with zero attached hydrogens (tertiary/aromatic N) is 1. The zero-order valence-corrected chi connectivity index (χ0v) is 9.47. The van der Waals surface area contributed by atoms with E-state index in [1.807, 2.05) is 0 Å². The minimum atomic E-state index is -1.13. The van der Waals surface area contributed by atoms with Crippen molar-refractivity contribution in [1.82, 2.24) is 0 Å². The van der Waals surface area contributed by atoms with E-state index in [-0.39, 0.29) is 12.4 Å². The van der Waals surface area contributed by atoms with Crippen LogP contribution in [0.15, 0.2) is 18.3 Å². The van der Waals surface area contributed by atoms with Gasteiger partial charge in [0.1, 0.15) is 5.56 Å². The van der Waals surface area contributed by atoms with E-state index in [1.54, 1.807) is 19.1 Å². The predicted molar refractivity (Wildman–Crippen MR) is 60.7 cm³/mol. The SMILES string of the molecule is Cc1c(C(=O)O)c[n+]([O-])c2cc3c(cc12)OCO3. The summed E-state index contributed by atoms with van der Waals surface area (Å²) in [4.78, 5) is 11.0. The number of hydrogen-bond acceptors (Lipinski definition) is 4. The third-order valence-corrected chi connectivity index (χ3v) is 3.01. The van der Waals surface area contributed by atoms with Crippen LogP contribution in [0.25, 0.3) is 10.9 Å². The van der Waals surface area contributed by atoms with Crippen LogP contribution >= 0.6 is 0 Å². The summed E-state index contributed by atoms with van der Waals surface area (Å²) in [6.07, 6.45) is 1.06. The van der Waals surface area contributed by atoms with E-state index >= 15 is 0 Å². The van der Waals surface area contributed by atoms with Gasteiger partial charge in [-0.05, 0) is 18.6 Å². The Morgan fingerprint density at radius 3 is 2.72 bits per heavy atom. The van der Waals surface area contributed by atoms with Crippen molar-refractivity contribution in [3.05, 3.63) is 34.7 Å². The number of carboxylic acid groups (broad SMARTS) is 1. The Hall–Kier alpha value is -2.50. The number of benzene rings is 1. The summed E-state index contributed by atoms with van der Waals surface area (Å²) < 4.78 is 10.9. The van der Waals surface area contributed by atoms with Crippen molar-refractivity contribution >= 4 is 16.9 Å². The molecule has 18 heavy (non-hydrogen) atoms. The van der Waals surface area contributed by atoms with Gasteiger partial charge in [0.25, 0.3) is 0 Å². The topological polar surface area (TPSA) is 82.7 Å². The van der Waals surface area contributed by atoms with Crippen LogP contribution in [0.5, 0.6) is 11.5 Å². The molecular formula is C12H9NO5. The molecule has 0 atom stereocenters. The maximum atomic E-state index is 11.8. The summed E-state index contributed by atoms with van der Waals surface area (Å²) in [5.74, 6) is -0.112. The summed E-state index contributed by atoms with van der Waals surface area (Å²) in [7, 11) is 0. The van der Waals surface area contributed by atoms with Gasteiger partial charge in [0, 0.05) is 0 Å². The number of aryl methyl sites for hydroxylation is 1. The molecule has 6 nitrogen and oxygen atoms in total. The number of ether oxygens (including phenoxy) is 2. The van der Waals surface area contributed by atoms with Crippen molar-refractivity contribution in [3.63, 3.8) is 0 Å². The Kier molecular flexibility index (Phi) is 2.07. The fourth-order valence-electron chi connectivity index (χ4n) is 2.06. The zero-order valence-electron chi connectivity index (χ0n) is 9.47.